The van der Waals surface area contributed by atoms with E-state index in [1.807, 2.05) is 12.1 Å². The predicted octanol–water partition coefficient (Wildman–Crippen LogP) is 8.85. The molecule has 0 radical (unpaired) electrons. The van der Waals surface area contributed by atoms with Crippen molar-refractivity contribution >= 4 is 38.7 Å². The average molecular weight is 543 g/mol. The topological polar surface area (TPSA) is 25.4 Å². The molecule has 2 aromatic carbocycles. The van der Waals surface area contributed by atoms with Gasteiger partial charge in [0.05, 0.1) is 27.1 Å². The van der Waals surface area contributed by atoms with Gasteiger partial charge in [-0.15, -0.1) is 11.3 Å². The predicted molar refractivity (Wildman–Crippen MR) is 144 cm³/mol. The van der Waals surface area contributed by atoms with E-state index in [9.17, 15) is 13.2 Å². The van der Waals surface area contributed by atoms with Gasteiger partial charge in [-0.2, -0.15) is 4.39 Å². The number of benzene rings is 2. The largest absolute Gasteiger partial charge is 0.496 e. The van der Waals surface area contributed by atoms with Crippen LogP contribution in [0.2, 0.25) is 5.02 Å². The van der Waals surface area contributed by atoms with Crippen LogP contribution in [0.1, 0.15) is 42.5 Å². The number of rotatable bonds is 7. The summed E-state index contributed by atoms with van der Waals surface area (Å²) in [5.74, 6) is -0.970. The molecule has 0 bridgehead atoms. The Hall–Kier alpha value is -3.03. The quantitative estimate of drug-likeness (QED) is 0.218. The van der Waals surface area contributed by atoms with E-state index in [2.05, 4.69) is 16.5 Å². The highest BCUT2D eigenvalue weighted by molar-refractivity contribution is 7.20. The van der Waals surface area contributed by atoms with Crippen LogP contribution in [-0.4, -0.2) is 23.0 Å². The van der Waals surface area contributed by atoms with Crippen molar-refractivity contribution < 1.29 is 17.9 Å². The van der Waals surface area contributed by atoms with Crippen LogP contribution in [0.3, 0.4) is 0 Å². The number of nitrogens with zero attached hydrogens (tertiary/aromatic N) is 2. The fourth-order valence-electron chi connectivity index (χ4n) is 5.11. The number of methoxy groups -OCH3 is 1. The Morgan fingerprint density at radius 1 is 1.11 bits per heavy atom. The van der Waals surface area contributed by atoms with E-state index in [0.29, 0.717) is 34.0 Å². The summed E-state index contributed by atoms with van der Waals surface area (Å²) >= 11 is 7.75. The first kappa shape index (κ1) is 25.6. The molecule has 1 fully saturated rings. The number of hydrogen-bond donors (Lipinski definition) is 0. The van der Waals surface area contributed by atoms with E-state index in [0.717, 1.165) is 61.1 Å². The van der Waals surface area contributed by atoms with Gasteiger partial charge in [0, 0.05) is 35.6 Å². The Morgan fingerprint density at radius 2 is 1.86 bits per heavy atom. The lowest BCUT2D eigenvalue weighted by Crippen LogP contribution is -2.34. The summed E-state index contributed by atoms with van der Waals surface area (Å²) in [6.07, 6.45) is 6.66. The second-order valence-corrected chi connectivity index (χ2v) is 10.6. The standard InChI is InChI=1S/C29H26ClF3N2OS/c1-17(27-26(30)25-22(31)11-12-23(32)28(25)37-27)35(20-7-4-3-5-8-20)16-19-15-18(10-13-24(19)36-2)21-9-6-14-34-29(21)33/h6,9-15,20H,1,3-5,7-8,16H2,2H3. The smallest absolute Gasteiger partial charge is 0.220 e. The maximum Gasteiger partial charge on any atom is 0.220 e. The molecule has 0 saturated heterocycles. The van der Waals surface area contributed by atoms with E-state index >= 15 is 0 Å². The van der Waals surface area contributed by atoms with Crippen molar-refractivity contribution in [2.75, 3.05) is 7.11 Å². The van der Waals surface area contributed by atoms with Crippen molar-refractivity contribution in [1.82, 2.24) is 9.88 Å². The summed E-state index contributed by atoms with van der Waals surface area (Å²) in [6.45, 7) is 4.77. The number of aromatic nitrogens is 1. The van der Waals surface area contributed by atoms with E-state index in [-0.39, 0.29) is 21.2 Å². The summed E-state index contributed by atoms with van der Waals surface area (Å²) in [7, 11) is 1.59. The number of fused-ring (bicyclic) bond motifs is 1. The molecule has 0 N–H and O–H groups in total. The molecular formula is C29H26ClF3N2OS. The molecule has 0 unspecified atom stereocenters. The lowest BCUT2D eigenvalue weighted by molar-refractivity contribution is 0.223. The van der Waals surface area contributed by atoms with Crippen molar-refractivity contribution in [2.24, 2.45) is 0 Å². The number of halogens is 4. The first-order valence-electron chi connectivity index (χ1n) is 12.2. The van der Waals surface area contributed by atoms with E-state index in [1.54, 1.807) is 25.3 Å². The Kier molecular flexibility index (Phi) is 7.45. The number of hydrogen-bond acceptors (Lipinski definition) is 4. The van der Waals surface area contributed by atoms with Gasteiger partial charge in [0.2, 0.25) is 5.95 Å². The highest BCUT2D eigenvalue weighted by Crippen LogP contribution is 2.44. The molecule has 5 rings (SSSR count). The van der Waals surface area contributed by atoms with Crippen LogP contribution in [0.15, 0.2) is 55.2 Å². The molecule has 0 spiro atoms. The van der Waals surface area contributed by atoms with Crippen LogP contribution in [0, 0.1) is 17.6 Å². The molecule has 1 saturated carbocycles. The third-order valence-corrected chi connectivity index (χ3v) is 8.73. The SMILES string of the molecule is C=C(c1sc2c(F)ccc(F)c2c1Cl)N(Cc1cc(-c2cccnc2F)ccc1OC)C1CCCCC1. The number of ether oxygens (including phenoxy) is 1. The van der Waals surface area contributed by atoms with E-state index < -0.39 is 17.6 Å². The maximum absolute atomic E-state index is 14.6. The molecule has 8 heteroatoms. The number of pyridine rings is 1. The van der Waals surface area contributed by atoms with E-state index in [4.69, 9.17) is 16.3 Å². The summed E-state index contributed by atoms with van der Waals surface area (Å²) in [5.41, 5.74) is 2.52. The molecule has 0 atom stereocenters. The second kappa shape index (κ2) is 10.8. The van der Waals surface area contributed by atoms with Gasteiger partial charge < -0.3 is 9.64 Å². The van der Waals surface area contributed by atoms with Crippen molar-refractivity contribution in [1.29, 1.82) is 0 Å². The summed E-state index contributed by atoms with van der Waals surface area (Å²) in [5, 5.41) is 0.249. The minimum atomic E-state index is -0.561. The summed E-state index contributed by atoms with van der Waals surface area (Å²) in [4.78, 5) is 6.48. The van der Waals surface area contributed by atoms with Crippen molar-refractivity contribution in [3.05, 3.63) is 88.3 Å². The average Bonchev–Trinajstić information content (AvgIpc) is 3.28. The van der Waals surface area contributed by atoms with Crippen LogP contribution in [-0.2, 0) is 6.54 Å². The van der Waals surface area contributed by atoms with Crippen molar-refractivity contribution in [3.8, 4) is 16.9 Å². The number of thiophene rings is 1. The highest BCUT2D eigenvalue weighted by atomic mass is 35.5. The summed E-state index contributed by atoms with van der Waals surface area (Å²) in [6, 6.07) is 11.3. The molecule has 3 nitrogen and oxygen atoms in total. The van der Waals surface area contributed by atoms with Gasteiger partial charge >= 0.3 is 0 Å². The van der Waals surface area contributed by atoms with Gasteiger partial charge in [-0.1, -0.05) is 43.5 Å². The van der Waals surface area contributed by atoms with Gasteiger partial charge in [0.1, 0.15) is 17.4 Å². The summed E-state index contributed by atoms with van der Waals surface area (Å²) < 4.78 is 49.4. The third-order valence-electron chi connectivity index (χ3n) is 7.00. The molecule has 37 heavy (non-hydrogen) atoms. The minimum Gasteiger partial charge on any atom is -0.496 e. The molecule has 1 aliphatic carbocycles. The molecule has 0 aliphatic heterocycles. The van der Waals surface area contributed by atoms with Crippen LogP contribution >= 0.6 is 22.9 Å². The minimum absolute atomic E-state index is 0.0815. The molecule has 1 aliphatic rings. The Balaban J connectivity index is 1.58. The van der Waals surface area contributed by atoms with Crippen LogP contribution in [0.25, 0.3) is 26.9 Å². The molecule has 192 valence electrons. The molecular weight excluding hydrogens is 517 g/mol. The molecule has 2 aromatic heterocycles. The molecule has 2 heterocycles. The normalized spacial score (nSPS) is 14.2. The molecule has 4 aromatic rings. The Morgan fingerprint density at radius 3 is 2.57 bits per heavy atom. The van der Waals surface area contributed by atoms with Crippen LogP contribution in [0.5, 0.6) is 5.75 Å². The fraction of sp³-hybridized carbons (Fsp3) is 0.276. The zero-order chi connectivity index (χ0) is 26.1. The van der Waals surface area contributed by atoms with Gasteiger partial charge in [-0.3, -0.25) is 0 Å². The van der Waals surface area contributed by atoms with Gasteiger partial charge in [0.25, 0.3) is 0 Å². The maximum atomic E-state index is 14.6. The first-order valence-corrected chi connectivity index (χ1v) is 13.4. The second-order valence-electron chi connectivity index (χ2n) is 9.21. The Bertz CT molecular complexity index is 1470. The fourth-order valence-corrected chi connectivity index (χ4v) is 6.67. The van der Waals surface area contributed by atoms with Gasteiger partial charge in [-0.25, -0.2) is 13.8 Å². The Labute approximate surface area is 223 Å². The zero-order valence-electron chi connectivity index (χ0n) is 20.4. The van der Waals surface area contributed by atoms with Crippen LogP contribution in [0.4, 0.5) is 13.2 Å². The van der Waals surface area contributed by atoms with E-state index in [1.165, 1.54) is 6.20 Å². The lowest BCUT2D eigenvalue weighted by Gasteiger charge is -2.37. The third kappa shape index (κ3) is 4.94. The van der Waals surface area contributed by atoms with Crippen molar-refractivity contribution in [3.63, 3.8) is 0 Å². The lowest BCUT2D eigenvalue weighted by atomic mass is 9.93. The monoisotopic (exact) mass is 542 g/mol. The highest BCUT2D eigenvalue weighted by Gasteiger charge is 2.28. The molecule has 0 amide bonds. The van der Waals surface area contributed by atoms with Gasteiger partial charge in [0.15, 0.2) is 0 Å². The van der Waals surface area contributed by atoms with Gasteiger partial charge in [-0.05, 0) is 54.8 Å². The van der Waals surface area contributed by atoms with Crippen LogP contribution < -0.4 is 4.74 Å². The zero-order valence-corrected chi connectivity index (χ0v) is 21.9. The van der Waals surface area contributed by atoms with Crippen molar-refractivity contribution in [2.45, 2.75) is 44.7 Å². The first-order chi connectivity index (χ1) is 17.9.